The summed E-state index contributed by atoms with van der Waals surface area (Å²) in [5.41, 5.74) is 15.2. The number of para-hydroxylation sites is 4. The highest BCUT2D eigenvalue weighted by molar-refractivity contribution is 6.12. The van der Waals surface area contributed by atoms with Gasteiger partial charge in [-0.15, -0.1) is 0 Å². The first kappa shape index (κ1) is 32.8. The average Bonchev–Trinajstić information content (AvgIpc) is 3.83. The van der Waals surface area contributed by atoms with Crippen LogP contribution in [-0.4, -0.2) is 4.57 Å². The van der Waals surface area contributed by atoms with E-state index in [-0.39, 0.29) is 0 Å². The van der Waals surface area contributed by atoms with Gasteiger partial charge in [0.05, 0.1) is 16.7 Å². The van der Waals surface area contributed by atoms with E-state index in [1.165, 1.54) is 32.9 Å². The molecule has 0 aliphatic carbocycles. The number of fused-ring (bicyclic) bond motifs is 6. The normalized spacial score (nSPS) is 11.5. The van der Waals surface area contributed by atoms with Gasteiger partial charge in [0.1, 0.15) is 11.2 Å². The summed E-state index contributed by atoms with van der Waals surface area (Å²) in [6.07, 6.45) is 0. The van der Waals surface area contributed by atoms with E-state index in [2.05, 4.69) is 222 Å². The zero-order valence-corrected chi connectivity index (χ0v) is 31.1. The molecule has 0 aliphatic heterocycles. The molecule has 3 nitrogen and oxygen atoms in total. The van der Waals surface area contributed by atoms with E-state index in [0.717, 1.165) is 66.9 Å². The van der Waals surface area contributed by atoms with Crippen LogP contribution in [-0.2, 0) is 0 Å². The maximum absolute atomic E-state index is 6.74. The van der Waals surface area contributed by atoms with E-state index >= 15 is 0 Å². The Hall–Kier alpha value is -7.62. The minimum Gasteiger partial charge on any atom is -0.455 e. The molecule has 0 radical (unpaired) electrons. The van der Waals surface area contributed by atoms with Crippen LogP contribution >= 0.6 is 0 Å². The van der Waals surface area contributed by atoms with Crippen LogP contribution in [0.4, 0.5) is 17.1 Å². The van der Waals surface area contributed by atoms with Crippen LogP contribution in [0.3, 0.4) is 0 Å². The molecule has 0 fully saturated rings. The Morgan fingerprint density at radius 1 is 0.351 bits per heavy atom. The summed E-state index contributed by atoms with van der Waals surface area (Å²) in [5.74, 6) is 0. The fraction of sp³-hybridized carbons (Fsp3) is 0. The molecule has 0 saturated carbocycles. The third-order valence-electron chi connectivity index (χ3n) is 11.2. The van der Waals surface area contributed by atoms with Crippen LogP contribution < -0.4 is 4.90 Å². The van der Waals surface area contributed by atoms with Gasteiger partial charge in [0.15, 0.2) is 0 Å². The molecule has 2 aromatic heterocycles. The van der Waals surface area contributed by atoms with Crippen LogP contribution in [0.5, 0.6) is 0 Å². The Kier molecular flexibility index (Phi) is 7.82. The van der Waals surface area contributed by atoms with Gasteiger partial charge in [-0.1, -0.05) is 152 Å². The van der Waals surface area contributed by atoms with E-state index in [9.17, 15) is 0 Å². The third kappa shape index (κ3) is 5.60. The van der Waals surface area contributed by atoms with Crippen molar-refractivity contribution in [2.75, 3.05) is 4.90 Å². The largest absolute Gasteiger partial charge is 0.455 e. The molecule has 2 heterocycles. The minimum atomic E-state index is 0.872. The van der Waals surface area contributed by atoms with Gasteiger partial charge in [0.25, 0.3) is 0 Å². The van der Waals surface area contributed by atoms with Gasteiger partial charge in [0, 0.05) is 49.7 Å². The first-order valence-corrected chi connectivity index (χ1v) is 19.4. The number of benzene rings is 9. The zero-order chi connectivity index (χ0) is 37.7. The summed E-state index contributed by atoms with van der Waals surface area (Å²) >= 11 is 0. The van der Waals surface area contributed by atoms with Gasteiger partial charge >= 0.3 is 0 Å². The summed E-state index contributed by atoms with van der Waals surface area (Å²) in [6, 6.07) is 78.1. The van der Waals surface area contributed by atoms with Crippen molar-refractivity contribution in [1.82, 2.24) is 4.57 Å². The maximum atomic E-state index is 6.74. The highest BCUT2D eigenvalue weighted by atomic mass is 16.3. The Labute approximate surface area is 330 Å². The minimum absolute atomic E-state index is 0.872. The molecular weight excluding hydrogens is 693 g/mol. The molecule has 11 rings (SSSR count). The molecular formula is C54H36N2O. The Balaban J connectivity index is 1.14. The molecule has 57 heavy (non-hydrogen) atoms. The lowest BCUT2D eigenvalue weighted by atomic mass is 9.95. The Morgan fingerprint density at radius 3 is 1.58 bits per heavy atom. The highest BCUT2D eigenvalue weighted by Gasteiger charge is 2.22. The molecule has 268 valence electrons. The van der Waals surface area contributed by atoms with E-state index in [4.69, 9.17) is 4.42 Å². The maximum Gasteiger partial charge on any atom is 0.143 e. The second-order valence-corrected chi connectivity index (χ2v) is 14.5. The topological polar surface area (TPSA) is 21.3 Å². The summed E-state index contributed by atoms with van der Waals surface area (Å²) in [5, 5.41) is 4.67. The molecule has 0 atom stereocenters. The number of hydrogen-bond donors (Lipinski definition) is 0. The zero-order valence-electron chi connectivity index (χ0n) is 31.1. The predicted molar refractivity (Wildman–Crippen MR) is 239 cm³/mol. The predicted octanol–water partition coefficient (Wildman–Crippen LogP) is 15.2. The van der Waals surface area contributed by atoms with Crippen molar-refractivity contribution in [3.05, 3.63) is 218 Å². The second kappa shape index (κ2) is 13.6. The first-order chi connectivity index (χ1) is 28.3. The lowest BCUT2D eigenvalue weighted by Gasteiger charge is -2.29. The van der Waals surface area contributed by atoms with Crippen molar-refractivity contribution in [1.29, 1.82) is 0 Å². The van der Waals surface area contributed by atoms with Gasteiger partial charge < -0.3 is 13.9 Å². The molecule has 0 spiro atoms. The van der Waals surface area contributed by atoms with Crippen LogP contribution in [0, 0.1) is 0 Å². The summed E-state index contributed by atoms with van der Waals surface area (Å²) in [7, 11) is 0. The molecule has 0 saturated heterocycles. The number of rotatable bonds is 7. The quantitative estimate of drug-likeness (QED) is 0.163. The number of anilines is 3. The van der Waals surface area contributed by atoms with Crippen LogP contribution in [0.1, 0.15) is 0 Å². The third-order valence-corrected chi connectivity index (χ3v) is 11.2. The Morgan fingerprint density at radius 2 is 0.895 bits per heavy atom. The van der Waals surface area contributed by atoms with E-state index in [1.807, 2.05) is 6.07 Å². The molecule has 0 unspecified atom stereocenters. The van der Waals surface area contributed by atoms with Gasteiger partial charge in [-0.05, 0) is 89.0 Å². The highest BCUT2D eigenvalue weighted by Crippen LogP contribution is 2.47. The SMILES string of the molecule is c1ccc(-c2ccc(N(c3ccccc3)c3cc(-c4ccc(-n5c6ccccc6c6ccccc65)cc4)c4oc5ccccc5c4c3)c(-c3ccccc3)c2)cc1. The monoisotopic (exact) mass is 728 g/mol. The van der Waals surface area contributed by atoms with Gasteiger partial charge in [0.2, 0.25) is 0 Å². The van der Waals surface area contributed by atoms with Crippen LogP contribution in [0.25, 0.3) is 82.8 Å². The van der Waals surface area contributed by atoms with E-state index in [0.29, 0.717) is 0 Å². The first-order valence-electron chi connectivity index (χ1n) is 19.4. The molecule has 0 bridgehead atoms. The van der Waals surface area contributed by atoms with Crippen molar-refractivity contribution >= 4 is 60.8 Å². The van der Waals surface area contributed by atoms with Crippen LogP contribution in [0.15, 0.2) is 223 Å². The van der Waals surface area contributed by atoms with Crippen molar-refractivity contribution in [3.63, 3.8) is 0 Å². The van der Waals surface area contributed by atoms with E-state index in [1.54, 1.807) is 0 Å². The van der Waals surface area contributed by atoms with Crippen molar-refractivity contribution in [3.8, 4) is 39.1 Å². The summed E-state index contributed by atoms with van der Waals surface area (Å²) in [4.78, 5) is 2.40. The Bertz CT molecular complexity index is 3160. The number of aromatic nitrogens is 1. The van der Waals surface area contributed by atoms with E-state index < -0.39 is 0 Å². The fourth-order valence-electron chi connectivity index (χ4n) is 8.54. The second-order valence-electron chi connectivity index (χ2n) is 14.5. The number of furan rings is 1. The van der Waals surface area contributed by atoms with Gasteiger partial charge in [-0.25, -0.2) is 0 Å². The van der Waals surface area contributed by atoms with Crippen molar-refractivity contribution in [2.45, 2.75) is 0 Å². The molecule has 0 N–H and O–H groups in total. The lowest BCUT2D eigenvalue weighted by Crippen LogP contribution is -2.11. The molecule has 3 heteroatoms. The molecule has 9 aromatic carbocycles. The van der Waals surface area contributed by atoms with Crippen LogP contribution in [0.2, 0.25) is 0 Å². The number of nitrogens with zero attached hydrogens (tertiary/aromatic N) is 2. The smallest absolute Gasteiger partial charge is 0.143 e. The molecule has 11 aromatic rings. The summed E-state index contributed by atoms with van der Waals surface area (Å²) < 4.78 is 9.10. The fourth-order valence-corrected chi connectivity index (χ4v) is 8.54. The standard InChI is InChI=1S/C54H36N2O/c1-4-16-37(17-5-1)40-30-33-52(47(34-40)38-18-6-2-7-19-38)55(41-20-8-3-9-21-41)43-35-48(54-49(36-43)46-24-12-15-27-53(46)57-54)39-28-31-42(32-29-39)56-50-25-13-10-22-44(50)45-23-11-14-26-51(45)56/h1-36H. The van der Waals surface area contributed by atoms with Gasteiger partial charge in [-0.3, -0.25) is 0 Å². The molecule has 0 aliphatic rings. The van der Waals surface area contributed by atoms with Gasteiger partial charge in [-0.2, -0.15) is 0 Å². The average molecular weight is 729 g/mol. The number of hydrogen-bond acceptors (Lipinski definition) is 2. The summed E-state index contributed by atoms with van der Waals surface area (Å²) in [6.45, 7) is 0. The molecule has 0 amide bonds. The van der Waals surface area contributed by atoms with Crippen molar-refractivity contribution in [2.24, 2.45) is 0 Å². The lowest BCUT2D eigenvalue weighted by molar-refractivity contribution is 0.670. The van der Waals surface area contributed by atoms with Crippen molar-refractivity contribution < 1.29 is 4.42 Å².